The van der Waals surface area contributed by atoms with E-state index >= 15 is 0 Å². The van der Waals surface area contributed by atoms with E-state index in [0.29, 0.717) is 13.0 Å². The molecular weight excluding hydrogens is 524 g/mol. The molecule has 2 atom stereocenters. The average Bonchev–Trinajstić information content (AvgIpc) is 3.20. The monoisotopic (exact) mass is 562 g/mol. The summed E-state index contributed by atoms with van der Waals surface area (Å²) >= 11 is 0. The molecule has 2 aliphatic heterocycles. The molecule has 2 saturated carbocycles. The average molecular weight is 563 g/mol. The van der Waals surface area contributed by atoms with E-state index in [1.54, 1.807) is 4.90 Å². The van der Waals surface area contributed by atoms with Gasteiger partial charge in [0.15, 0.2) is 0 Å². The molecule has 2 unspecified atom stereocenters. The Morgan fingerprint density at radius 1 is 1.17 bits per heavy atom. The lowest BCUT2D eigenvalue weighted by atomic mass is 9.78. The Balaban J connectivity index is 1.22. The van der Waals surface area contributed by atoms with Crippen LogP contribution in [0.2, 0.25) is 0 Å². The minimum Gasteiger partial charge on any atom is -0.444 e. The fourth-order valence-corrected chi connectivity index (χ4v) is 6.37. The summed E-state index contributed by atoms with van der Waals surface area (Å²) in [5.41, 5.74) is 10.7. The SMILES string of the molecule is CC(C)(C)OC(=O)N(C1CCC(N=[N+]=[N-])CC1)[C@H]1C[C@H](C#Cc2ccc3c(c2)CN(C2CCC(=O)NC2=O)C3O)C1. The van der Waals surface area contributed by atoms with Crippen LogP contribution in [0.5, 0.6) is 0 Å². The van der Waals surface area contributed by atoms with Gasteiger partial charge in [0.1, 0.15) is 11.8 Å². The van der Waals surface area contributed by atoms with Crippen molar-refractivity contribution in [2.45, 2.75) is 115 Å². The van der Waals surface area contributed by atoms with E-state index in [-0.39, 0.29) is 48.4 Å². The first-order valence-corrected chi connectivity index (χ1v) is 14.5. The molecule has 1 saturated heterocycles. The molecule has 4 aliphatic rings. The number of imide groups is 1. The highest BCUT2D eigenvalue weighted by atomic mass is 16.6. The zero-order valence-corrected chi connectivity index (χ0v) is 23.9. The second kappa shape index (κ2) is 11.7. The minimum absolute atomic E-state index is 0.0127. The molecule has 1 aromatic carbocycles. The number of nitrogens with one attached hydrogen (secondary N) is 1. The lowest BCUT2D eigenvalue weighted by Gasteiger charge is -2.46. The second-order valence-corrected chi connectivity index (χ2v) is 12.6. The standard InChI is InChI=1S/C30H38N6O5/c1-30(2,3)41-29(40)36(22-9-7-21(8-10-22)33-34-31)23-15-19(16-23)5-4-18-6-11-24-20(14-18)17-35(28(24)39)25-12-13-26(37)32-27(25)38/h6,11,14,19,21-23,25,28,39H,7-10,12-13,15-17H2,1-3H3,(H,32,37,38)/t19-,21?,22?,23-,25?,28?. The van der Waals surface area contributed by atoms with E-state index < -0.39 is 17.9 Å². The summed E-state index contributed by atoms with van der Waals surface area (Å²) in [5.74, 6) is 6.15. The summed E-state index contributed by atoms with van der Waals surface area (Å²) in [6.45, 7) is 6.03. The summed E-state index contributed by atoms with van der Waals surface area (Å²) in [7, 11) is 0. The number of ether oxygens (including phenoxy) is 1. The number of nitrogens with zero attached hydrogens (tertiary/aromatic N) is 5. The highest BCUT2D eigenvalue weighted by Crippen LogP contribution is 2.38. The summed E-state index contributed by atoms with van der Waals surface area (Å²) in [4.78, 5) is 43.7. The number of piperidine rings is 1. The number of carbonyl (C=O) groups excluding carboxylic acids is 3. The van der Waals surface area contributed by atoms with Gasteiger partial charge in [-0.3, -0.25) is 19.8 Å². The smallest absolute Gasteiger partial charge is 0.410 e. The summed E-state index contributed by atoms with van der Waals surface area (Å²) < 4.78 is 5.77. The highest BCUT2D eigenvalue weighted by molar-refractivity contribution is 6.00. The van der Waals surface area contributed by atoms with Crippen molar-refractivity contribution < 1.29 is 24.2 Å². The summed E-state index contributed by atoms with van der Waals surface area (Å²) in [6.07, 6.45) is 4.10. The largest absolute Gasteiger partial charge is 0.444 e. The van der Waals surface area contributed by atoms with Crippen molar-refractivity contribution in [3.8, 4) is 11.8 Å². The number of fused-ring (bicyclic) bond motifs is 1. The molecular formula is C30H38N6O5. The number of hydrogen-bond acceptors (Lipinski definition) is 7. The van der Waals surface area contributed by atoms with Gasteiger partial charge in [-0.2, -0.15) is 0 Å². The maximum absolute atomic E-state index is 13.2. The first-order valence-electron chi connectivity index (χ1n) is 14.5. The molecule has 11 nitrogen and oxygen atoms in total. The summed E-state index contributed by atoms with van der Waals surface area (Å²) in [5, 5.41) is 17.1. The van der Waals surface area contributed by atoms with Crippen LogP contribution < -0.4 is 5.32 Å². The maximum Gasteiger partial charge on any atom is 0.410 e. The Morgan fingerprint density at radius 3 is 2.56 bits per heavy atom. The number of aliphatic hydroxyl groups excluding tert-OH is 1. The van der Waals surface area contributed by atoms with Crippen molar-refractivity contribution >= 4 is 17.9 Å². The van der Waals surface area contributed by atoms with Gasteiger partial charge < -0.3 is 14.7 Å². The van der Waals surface area contributed by atoms with Crippen LogP contribution in [-0.2, 0) is 20.9 Å². The van der Waals surface area contributed by atoms with Crippen molar-refractivity contribution in [1.29, 1.82) is 0 Å². The number of benzene rings is 1. The quantitative estimate of drug-likeness (QED) is 0.184. The molecule has 0 bridgehead atoms. The van der Waals surface area contributed by atoms with Crippen LogP contribution in [0.4, 0.5) is 4.79 Å². The lowest BCUT2D eigenvalue weighted by molar-refractivity contribution is -0.141. The molecule has 0 aromatic heterocycles. The van der Waals surface area contributed by atoms with Gasteiger partial charge in [-0.15, -0.1) is 0 Å². The van der Waals surface area contributed by atoms with Gasteiger partial charge in [-0.25, -0.2) is 4.79 Å². The predicted molar refractivity (Wildman–Crippen MR) is 150 cm³/mol. The molecule has 218 valence electrons. The van der Waals surface area contributed by atoms with Crippen molar-refractivity contribution in [2.24, 2.45) is 11.0 Å². The fourth-order valence-electron chi connectivity index (χ4n) is 6.37. The van der Waals surface area contributed by atoms with Crippen molar-refractivity contribution in [3.05, 3.63) is 45.3 Å². The van der Waals surface area contributed by atoms with Crippen LogP contribution >= 0.6 is 0 Å². The van der Waals surface area contributed by atoms with Gasteiger partial charge in [0.05, 0.1) is 6.04 Å². The Morgan fingerprint density at radius 2 is 1.90 bits per heavy atom. The number of aliphatic hydroxyl groups is 1. The van der Waals surface area contributed by atoms with Gasteiger partial charge in [-0.05, 0) is 94.5 Å². The number of azide groups is 1. The Bertz CT molecular complexity index is 1310. The molecule has 41 heavy (non-hydrogen) atoms. The fraction of sp³-hybridized carbons (Fsp3) is 0.633. The maximum atomic E-state index is 13.2. The number of amides is 3. The molecule has 2 aliphatic carbocycles. The Kier molecular flexibility index (Phi) is 8.28. The van der Waals surface area contributed by atoms with E-state index in [4.69, 9.17) is 10.3 Å². The van der Waals surface area contributed by atoms with Crippen LogP contribution in [0.25, 0.3) is 10.4 Å². The predicted octanol–water partition coefficient (Wildman–Crippen LogP) is 4.29. The van der Waals surface area contributed by atoms with Gasteiger partial charge in [0, 0.05) is 47.5 Å². The van der Waals surface area contributed by atoms with Gasteiger partial charge >= 0.3 is 6.09 Å². The van der Waals surface area contributed by atoms with E-state index in [2.05, 4.69) is 27.2 Å². The van der Waals surface area contributed by atoms with Gasteiger partial charge in [0.2, 0.25) is 11.8 Å². The lowest BCUT2D eigenvalue weighted by Crippen LogP contribution is -2.54. The molecule has 11 heteroatoms. The van der Waals surface area contributed by atoms with Crippen molar-refractivity contribution in [2.75, 3.05) is 0 Å². The molecule has 0 radical (unpaired) electrons. The normalized spacial score (nSPS) is 29.7. The third-order valence-corrected chi connectivity index (χ3v) is 8.50. The molecule has 2 N–H and O–H groups in total. The van der Waals surface area contributed by atoms with Crippen molar-refractivity contribution in [1.82, 2.24) is 15.1 Å². The summed E-state index contributed by atoms with van der Waals surface area (Å²) in [6, 6.07) is 5.26. The topological polar surface area (TPSA) is 148 Å². The van der Waals surface area contributed by atoms with Gasteiger partial charge in [-0.1, -0.05) is 23.0 Å². The Hall–Kier alpha value is -3.58. The van der Waals surface area contributed by atoms with Crippen LogP contribution in [-0.4, -0.2) is 62.6 Å². The van der Waals surface area contributed by atoms with Crippen LogP contribution in [0.1, 0.15) is 95.1 Å². The highest BCUT2D eigenvalue weighted by Gasteiger charge is 2.42. The zero-order valence-electron chi connectivity index (χ0n) is 23.9. The van der Waals surface area contributed by atoms with Crippen molar-refractivity contribution in [3.63, 3.8) is 0 Å². The second-order valence-electron chi connectivity index (χ2n) is 12.6. The number of carbonyl (C=O) groups is 3. The van der Waals surface area contributed by atoms with Crippen LogP contribution in [0, 0.1) is 17.8 Å². The molecule has 5 rings (SSSR count). The molecule has 0 spiro atoms. The Labute approximate surface area is 240 Å². The van der Waals surface area contributed by atoms with Gasteiger partial charge in [0.25, 0.3) is 0 Å². The molecule has 1 aromatic rings. The van der Waals surface area contributed by atoms with Crippen LogP contribution in [0.3, 0.4) is 0 Å². The van der Waals surface area contributed by atoms with E-state index in [1.807, 2.05) is 43.9 Å². The first kappa shape index (κ1) is 28.9. The molecule has 2 heterocycles. The third kappa shape index (κ3) is 6.51. The first-order chi connectivity index (χ1) is 19.5. The van der Waals surface area contributed by atoms with E-state index in [9.17, 15) is 19.5 Å². The number of hydrogen-bond donors (Lipinski definition) is 2. The molecule has 3 amide bonds. The van der Waals surface area contributed by atoms with E-state index in [1.165, 1.54) is 0 Å². The molecule has 3 fully saturated rings. The zero-order chi connectivity index (χ0) is 29.3. The van der Waals surface area contributed by atoms with E-state index in [0.717, 1.165) is 55.2 Å². The minimum atomic E-state index is -0.899. The van der Waals surface area contributed by atoms with Crippen LogP contribution in [0.15, 0.2) is 23.3 Å². The third-order valence-electron chi connectivity index (χ3n) is 8.50. The number of rotatable bonds is 4.